The second-order valence-electron chi connectivity index (χ2n) is 14.0. The average Bonchev–Trinajstić information content (AvgIpc) is 3.95. The number of hydrogen-bond donors (Lipinski definition) is 3. The fourth-order valence-electron chi connectivity index (χ4n) is 6.96. The summed E-state index contributed by atoms with van der Waals surface area (Å²) in [6.45, 7) is 2.38. The monoisotopic (exact) mass is 753 g/mol. The Balaban J connectivity index is 1.22. The highest BCUT2D eigenvalue weighted by molar-refractivity contribution is 8.14. The fraction of sp³-hybridized carbons (Fsp3) is 0.618. The van der Waals surface area contributed by atoms with Crippen LogP contribution in [0.2, 0.25) is 0 Å². The van der Waals surface area contributed by atoms with Gasteiger partial charge in [-0.05, 0) is 76.0 Å². The lowest BCUT2D eigenvalue weighted by molar-refractivity contribution is -0.140. The Labute approximate surface area is 298 Å². The van der Waals surface area contributed by atoms with Gasteiger partial charge in [-0.2, -0.15) is 13.2 Å². The highest BCUT2D eigenvalue weighted by Crippen LogP contribution is 2.47. The number of rotatable bonds is 7. The fourth-order valence-corrected chi connectivity index (χ4v) is 9.55. The van der Waals surface area contributed by atoms with Crippen LogP contribution < -0.4 is 15.4 Å². The van der Waals surface area contributed by atoms with E-state index in [0.29, 0.717) is 48.6 Å². The van der Waals surface area contributed by atoms with E-state index in [1.807, 2.05) is 19.1 Å². The summed E-state index contributed by atoms with van der Waals surface area (Å²) < 4.78 is 74.1. The van der Waals surface area contributed by atoms with E-state index in [1.54, 1.807) is 7.05 Å². The van der Waals surface area contributed by atoms with E-state index in [0.717, 1.165) is 25.0 Å². The number of nitrogens with zero attached hydrogens (tertiary/aromatic N) is 2. The van der Waals surface area contributed by atoms with Gasteiger partial charge in [0.15, 0.2) is 0 Å². The summed E-state index contributed by atoms with van der Waals surface area (Å²) in [5.74, 6) is -3.59. The molecule has 3 aliphatic carbocycles. The van der Waals surface area contributed by atoms with Crippen LogP contribution in [0.5, 0.6) is 0 Å². The largest absolute Gasteiger partial charge is 0.446 e. The number of aliphatic imine (C=N–C) groups is 1. The molecule has 3 N–H and O–H groups in total. The van der Waals surface area contributed by atoms with E-state index in [4.69, 9.17) is 4.74 Å². The highest BCUT2D eigenvalue weighted by Gasteiger charge is 2.62. The Kier molecular flexibility index (Phi) is 10.5. The van der Waals surface area contributed by atoms with Crippen LogP contribution in [0.25, 0.3) is 0 Å². The third-order valence-corrected chi connectivity index (χ3v) is 13.2. The Hall–Kier alpha value is -3.60. The van der Waals surface area contributed by atoms with Crippen LogP contribution in [0.3, 0.4) is 0 Å². The lowest BCUT2D eigenvalue weighted by Crippen LogP contribution is -2.54. The van der Waals surface area contributed by atoms with E-state index < -0.39 is 74.3 Å². The number of allylic oxidation sites excluding steroid dienone is 1. The Morgan fingerprint density at radius 3 is 2.59 bits per heavy atom. The van der Waals surface area contributed by atoms with E-state index in [2.05, 4.69) is 20.3 Å². The summed E-state index contributed by atoms with van der Waals surface area (Å²) in [6, 6.07) is 3.01. The van der Waals surface area contributed by atoms with Crippen molar-refractivity contribution in [1.29, 1.82) is 0 Å². The van der Waals surface area contributed by atoms with Crippen molar-refractivity contribution in [1.82, 2.24) is 14.9 Å². The summed E-state index contributed by atoms with van der Waals surface area (Å²) in [6.07, 6.45) is 0.784. The summed E-state index contributed by atoms with van der Waals surface area (Å²) >= 11 is 1.38. The van der Waals surface area contributed by atoms with Crippen molar-refractivity contribution >= 4 is 56.3 Å². The molecule has 0 spiro atoms. The second-order valence-corrected chi connectivity index (χ2v) is 17.0. The molecule has 4 amide bonds. The smallest absolute Gasteiger partial charge is 0.416 e. The van der Waals surface area contributed by atoms with Gasteiger partial charge in [-0.15, -0.1) is 11.8 Å². The lowest BCUT2D eigenvalue weighted by atomic mass is 9.93. The molecule has 1 aromatic carbocycles. The maximum absolute atomic E-state index is 14.0. The first-order chi connectivity index (χ1) is 24.1. The third kappa shape index (κ3) is 8.23. The quantitative estimate of drug-likeness (QED) is 0.341. The van der Waals surface area contributed by atoms with Crippen molar-refractivity contribution in [2.75, 3.05) is 24.7 Å². The maximum atomic E-state index is 14.0. The number of benzene rings is 1. The molecule has 2 heterocycles. The molecule has 5 aliphatic rings. The SMILES string of the molecule is CCC1CSC(c2ccc(C(F)(F)F)cc2NC(=O)O[C@@H]2C[C@H]3C(=O)N[C@]4(C(=O)NS(=O)(=O)C5CC5)C[C@H]4/C=C\CCCCN(C)C(=O)[C@@H]3C2)=N1. The van der Waals surface area contributed by atoms with E-state index in [1.165, 1.54) is 22.7 Å². The second kappa shape index (κ2) is 14.4. The van der Waals surface area contributed by atoms with Crippen LogP contribution in [-0.4, -0.2) is 84.5 Å². The van der Waals surface area contributed by atoms with Crippen LogP contribution >= 0.6 is 11.8 Å². The van der Waals surface area contributed by atoms with Crippen LogP contribution in [0.15, 0.2) is 35.3 Å². The summed E-state index contributed by atoms with van der Waals surface area (Å²) in [5.41, 5.74) is -2.31. The van der Waals surface area contributed by atoms with Gasteiger partial charge in [0.1, 0.15) is 16.7 Å². The van der Waals surface area contributed by atoms with E-state index in [-0.39, 0.29) is 36.9 Å². The zero-order valence-corrected chi connectivity index (χ0v) is 30.0. The number of thioether (sulfide) groups is 1. The first-order valence-corrected chi connectivity index (χ1v) is 19.8. The molecule has 17 heteroatoms. The number of anilines is 1. The predicted molar refractivity (Wildman–Crippen MR) is 184 cm³/mol. The minimum atomic E-state index is -4.67. The molecule has 12 nitrogen and oxygen atoms in total. The minimum absolute atomic E-state index is 0.00518. The van der Waals surface area contributed by atoms with Gasteiger partial charge in [-0.3, -0.25) is 29.4 Å². The van der Waals surface area contributed by atoms with Crippen LogP contribution in [0, 0.1) is 17.8 Å². The van der Waals surface area contributed by atoms with Crippen LogP contribution in [-0.2, 0) is 35.3 Å². The van der Waals surface area contributed by atoms with Crippen LogP contribution in [0.1, 0.15) is 75.8 Å². The van der Waals surface area contributed by atoms with Gasteiger partial charge in [-0.1, -0.05) is 19.1 Å². The third-order valence-electron chi connectivity index (χ3n) is 10.3. The Morgan fingerprint density at radius 1 is 1.16 bits per heavy atom. The molecule has 278 valence electrons. The molecule has 3 fully saturated rings. The molecule has 6 atom stereocenters. The topological polar surface area (TPSA) is 163 Å². The molecule has 3 saturated carbocycles. The Morgan fingerprint density at radius 2 is 1.90 bits per heavy atom. The van der Waals surface area contributed by atoms with E-state index in [9.17, 15) is 40.8 Å². The molecule has 1 aromatic rings. The zero-order valence-electron chi connectivity index (χ0n) is 28.3. The van der Waals surface area contributed by atoms with E-state index >= 15 is 0 Å². The van der Waals surface area contributed by atoms with Crippen molar-refractivity contribution in [3.05, 3.63) is 41.5 Å². The van der Waals surface area contributed by atoms with Gasteiger partial charge in [0.2, 0.25) is 21.8 Å². The van der Waals surface area contributed by atoms with Crippen molar-refractivity contribution in [3.8, 4) is 0 Å². The van der Waals surface area contributed by atoms with Gasteiger partial charge in [0, 0.05) is 30.8 Å². The van der Waals surface area contributed by atoms with Crippen LogP contribution in [0.4, 0.5) is 23.7 Å². The normalized spacial score (nSPS) is 30.6. The van der Waals surface area contributed by atoms with Crippen molar-refractivity contribution in [2.45, 2.75) is 93.8 Å². The number of sulfonamides is 1. The standard InChI is InChI=1S/C34H42F3N5O7S2/c1-3-21-18-50-29(38-21)24-12-9-19(34(35,36)37)14-27(24)39-32(46)49-22-15-25-26(16-22)30(44)42(2)13-7-5-4-6-8-20-17-33(20,40-28(25)43)31(45)41-51(47,48)23-10-11-23/h6,8-9,12,14,20-23,25-26H,3-5,7,10-11,13,15-18H2,1-2H3,(H,39,46)(H,40,43)(H,41,45)/b8-6-/t20-,21?,22-,25-,26-,33-/m1/s1. The number of alkyl halides is 3. The molecule has 0 bridgehead atoms. The predicted octanol–water partition coefficient (Wildman–Crippen LogP) is 4.60. The molecular weight excluding hydrogens is 712 g/mol. The molecular formula is C34H42F3N5O7S2. The molecule has 2 aliphatic heterocycles. The summed E-state index contributed by atoms with van der Waals surface area (Å²) in [4.78, 5) is 60.5. The van der Waals surface area contributed by atoms with Crippen molar-refractivity contribution < 1.29 is 45.5 Å². The number of hydrogen-bond acceptors (Lipinski definition) is 9. The molecule has 51 heavy (non-hydrogen) atoms. The number of halogens is 3. The highest BCUT2D eigenvalue weighted by atomic mass is 32.2. The lowest BCUT2D eigenvalue weighted by Gasteiger charge is -2.26. The van der Waals surface area contributed by atoms with Crippen molar-refractivity contribution in [2.24, 2.45) is 22.7 Å². The zero-order chi connectivity index (χ0) is 36.7. The number of amides is 4. The van der Waals surface area contributed by atoms with Gasteiger partial charge < -0.3 is 15.0 Å². The molecule has 6 rings (SSSR count). The molecule has 1 unspecified atom stereocenters. The molecule has 0 radical (unpaired) electrons. The van der Waals surface area contributed by atoms with Gasteiger partial charge in [-0.25, -0.2) is 13.2 Å². The maximum Gasteiger partial charge on any atom is 0.416 e. The molecule has 0 saturated heterocycles. The number of ether oxygens (including phenoxy) is 1. The first-order valence-electron chi connectivity index (χ1n) is 17.3. The number of fused-ring (bicyclic) bond motifs is 2. The average molecular weight is 754 g/mol. The van der Waals surface area contributed by atoms with Gasteiger partial charge in [0.25, 0.3) is 5.91 Å². The Bertz CT molecular complexity index is 1750. The van der Waals surface area contributed by atoms with Gasteiger partial charge >= 0.3 is 12.3 Å². The number of nitrogens with one attached hydrogen (secondary N) is 3. The van der Waals surface area contributed by atoms with Crippen molar-refractivity contribution in [3.63, 3.8) is 0 Å². The number of carbonyl (C=O) groups excluding carboxylic acids is 4. The summed E-state index contributed by atoms with van der Waals surface area (Å²) in [7, 11) is -2.28. The minimum Gasteiger partial charge on any atom is -0.446 e. The molecule has 0 aromatic heterocycles. The van der Waals surface area contributed by atoms with Gasteiger partial charge in [0.05, 0.1) is 34.4 Å². The number of carbonyl (C=O) groups is 4. The summed E-state index contributed by atoms with van der Waals surface area (Å²) in [5, 5.41) is 5.07. The first kappa shape index (κ1) is 37.2.